The van der Waals surface area contributed by atoms with E-state index in [-0.39, 0.29) is 22.9 Å². The zero-order chi connectivity index (χ0) is 26.4. The summed E-state index contributed by atoms with van der Waals surface area (Å²) in [6, 6.07) is 19.2. The second-order valence-corrected chi connectivity index (χ2v) is 8.99. The van der Waals surface area contributed by atoms with Crippen molar-refractivity contribution in [3.05, 3.63) is 98.6 Å². The van der Waals surface area contributed by atoms with Crippen LogP contribution >= 0.6 is 11.6 Å². The summed E-state index contributed by atoms with van der Waals surface area (Å²) in [6.45, 7) is 5.89. The molecule has 37 heavy (non-hydrogen) atoms. The summed E-state index contributed by atoms with van der Waals surface area (Å²) < 4.78 is 5.12. The third-order valence-electron chi connectivity index (χ3n) is 6.12. The van der Waals surface area contributed by atoms with Crippen molar-refractivity contribution < 1.29 is 19.2 Å². The Morgan fingerprint density at radius 1 is 1.00 bits per heavy atom. The molecule has 0 aromatic heterocycles. The number of nitro groups is 1. The van der Waals surface area contributed by atoms with E-state index in [9.17, 15) is 19.7 Å². The largest absolute Gasteiger partial charge is 0.462 e. The Kier molecular flexibility index (Phi) is 8.37. The SMILES string of the molecule is CCOC(=O)c1ccc(N2CCN(Cc3ccccc3)CC2)c(NC(=O)c2ccc(Cl)c([N+](=O)[O-])c2)c1. The van der Waals surface area contributed by atoms with E-state index in [0.717, 1.165) is 44.5 Å². The minimum Gasteiger partial charge on any atom is -0.462 e. The number of halogens is 1. The number of hydrogen-bond donors (Lipinski definition) is 1. The normalized spacial score (nSPS) is 13.7. The van der Waals surface area contributed by atoms with Crippen molar-refractivity contribution in [1.82, 2.24) is 4.90 Å². The van der Waals surface area contributed by atoms with Gasteiger partial charge in [0.1, 0.15) is 5.02 Å². The molecule has 0 atom stereocenters. The van der Waals surface area contributed by atoms with E-state index in [0.29, 0.717) is 11.3 Å². The molecule has 0 aliphatic carbocycles. The molecular formula is C27H27ClN4O5. The highest BCUT2D eigenvalue weighted by molar-refractivity contribution is 6.32. The van der Waals surface area contributed by atoms with Crippen molar-refractivity contribution in [2.45, 2.75) is 13.5 Å². The molecule has 1 N–H and O–H groups in total. The van der Waals surface area contributed by atoms with Crippen molar-refractivity contribution in [3.8, 4) is 0 Å². The first-order valence-electron chi connectivity index (χ1n) is 11.9. The summed E-state index contributed by atoms with van der Waals surface area (Å²) in [5, 5.41) is 14.0. The fraction of sp³-hybridized carbons (Fsp3) is 0.259. The molecule has 0 radical (unpaired) electrons. The summed E-state index contributed by atoms with van der Waals surface area (Å²) in [4.78, 5) is 40.6. The second kappa shape index (κ2) is 11.9. The molecule has 1 heterocycles. The smallest absolute Gasteiger partial charge is 0.338 e. The van der Waals surface area contributed by atoms with Gasteiger partial charge in [0, 0.05) is 44.4 Å². The van der Waals surface area contributed by atoms with E-state index in [1.807, 2.05) is 18.2 Å². The van der Waals surface area contributed by atoms with Gasteiger partial charge < -0.3 is 15.0 Å². The van der Waals surface area contributed by atoms with Gasteiger partial charge in [0.25, 0.3) is 11.6 Å². The Morgan fingerprint density at radius 2 is 1.70 bits per heavy atom. The summed E-state index contributed by atoms with van der Waals surface area (Å²) in [6.07, 6.45) is 0. The Bertz CT molecular complexity index is 1290. The first kappa shape index (κ1) is 26.1. The lowest BCUT2D eigenvalue weighted by Crippen LogP contribution is -2.46. The minimum absolute atomic E-state index is 0.0556. The van der Waals surface area contributed by atoms with Crippen LogP contribution in [0, 0.1) is 10.1 Å². The average molecular weight is 523 g/mol. The fourth-order valence-corrected chi connectivity index (χ4v) is 4.42. The van der Waals surface area contributed by atoms with Crippen LogP contribution in [0.15, 0.2) is 66.7 Å². The average Bonchev–Trinajstić information content (AvgIpc) is 2.90. The van der Waals surface area contributed by atoms with Crippen LogP contribution in [-0.2, 0) is 11.3 Å². The van der Waals surface area contributed by atoms with E-state index in [2.05, 4.69) is 27.2 Å². The maximum Gasteiger partial charge on any atom is 0.338 e. The number of esters is 1. The van der Waals surface area contributed by atoms with E-state index in [4.69, 9.17) is 16.3 Å². The lowest BCUT2D eigenvalue weighted by atomic mass is 10.1. The van der Waals surface area contributed by atoms with E-state index < -0.39 is 16.8 Å². The quantitative estimate of drug-likeness (QED) is 0.252. The number of benzene rings is 3. The summed E-state index contributed by atoms with van der Waals surface area (Å²) in [5.41, 5.74) is 2.44. The first-order chi connectivity index (χ1) is 17.9. The molecule has 10 heteroatoms. The topological polar surface area (TPSA) is 105 Å². The molecule has 0 spiro atoms. The maximum absolute atomic E-state index is 13.1. The number of carbonyl (C=O) groups is 2. The van der Waals surface area contributed by atoms with Crippen LogP contribution in [-0.4, -0.2) is 54.5 Å². The van der Waals surface area contributed by atoms with Crippen LogP contribution in [0.25, 0.3) is 0 Å². The van der Waals surface area contributed by atoms with E-state index >= 15 is 0 Å². The molecule has 9 nitrogen and oxygen atoms in total. The first-order valence-corrected chi connectivity index (χ1v) is 12.3. The van der Waals surface area contributed by atoms with Gasteiger partial charge in [-0.15, -0.1) is 0 Å². The number of hydrogen-bond acceptors (Lipinski definition) is 7. The zero-order valence-corrected chi connectivity index (χ0v) is 21.1. The third-order valence-corrected chi connectivity index (χ3v) is 6.44. The molecule has 3 aromatic rings. The molecule has 1 aliphatic rings. The van der Waals surface area contributed by atoms with Crippen molar-refractivity contribution in [3.63, 3.8) is 0 Å². The monoisotopic (exact) mass is 522 g/mol. The predicted molar refractivity (Wildman–Crippen MR) is 142 cm³/mol. The van der Waals surface area contributed by atoms with Crippen LogP contribution in [0.5, 0.6) is 0 Å². The standard InChI is InChI=1S/C27H27ClN4O5/c1-2-37-27(34)21-9-11-24(31-14-12-30(13-15-31)18-19-6-4-3-5-7-19)23(16-21)29-26(33)20-8-10-22(28)25(17-20)32(35)36/h3-11,16-17H,2,12-15,18H2,1H3,(H,29,33). The van der Waals surface area contributed by atoms with Gasteiger partial charge in [-0.25, -0.2) is 4.79 Å². The molecule has 1 aliphatic heterocycles. The summed E-state index contributed by atoms with van der Waals surface area (Å²) in [5.74, 6) is -1.05. The van der Waals surface area contributed by atoms with Crippen LogP contribution < -0.4 is 10.2 Å². The molecule has 1 saturated heterocycles. The number of anilines is 2. The molecule has 192 valence electrons. The number of carbonyl (C=O) groups excluding carboxylic acids is 2. The fourth-order valence-electron chi connectivity index (χ4n) is 4.23. The predicted octanol–water partition coefficient (Wildman–Crippen LogP) is 5.00. The molecule has 0 saturated carbocycles. The number of nitro benzene ring substituents is 1. The Morgan fingerprint density at radius 3 is 2.38 bits per heavy atom. The van der Waals surface area contributed by atoms with Crippen LogP contribution in [0.4, 0.5) is 17.1 Å². The lowest BCUT2D eigenvalue weighted by molar-refractivity contribution is -0.384. The van der Waals surface area contributed by atoms with Crippen LogP contribution in [0.2, 0.25) is 5.02 Å². The van der Waals surface area contributed by atoms with Gasteiger partial charge in [-0.3, -0.25) is 19.8 Å². The van der Waals surface area contributed by atoms with Crippen LogP contribution in [0.1, 0.15) is 33.2 Å². The Labute approximate surface area is 219 Å². The van der Waals surface area contributed by atoms with Gasteiger partial charge >= 0.3 is 5.97 Å². The lowest BCUT2D eigenvalue weighted by Gasteiger charge is -2.37. The van der Waals surface area contributed by atoms with Crippen molar-refractivity contribution in [1.29, 1.82) is 0 Å². The number of amides is 1. The molecular weight excluding hydrogens is 496 g/mol. The van der Waals surface area contributed by atoms with Gasteiger partial charge in [-0.1, -0.05) is 41.9 Å². The Balaban J connectivity index is 1.55. The minimum atomic E-state index is -0.638. The summed E-state index contributed by atoms with van der Waals surface area (Å²) in [7, 11) is 0. The number of rotatable bonds is 8. The molecule has 0 unspecified atom stereocenters. The van der Waals surface area contributed by atoms with Gasteiger partial charge in [0.05, 0.1) is 28.5 Å². The van der Waals surface area contributed by atoms with Crippen LogP contribution in [0.3, 0.4) is 0 Å². The molecule has 4 rings (SSSR count). The maximum atomic E-state index is 13.1. The number of nitrogens with zero attached hydrogens (tertiary/aromatic N) is 3. The van der Waals surface area contributed by atoms with Crippen molar-refractivity contribution >= 4 is 40.5 Å². The highest BCUT2D eigenvalue weighted by Gasteiger charge is 2.23. The number of nitrogens with one attached hydrogen (secondary N) is 1. The van der Waals surface area contributed by atoms with E-state index in [1.54, 1.807) is 25.1 Å². The van der Waals surface area contributed by atoms with E-state index in [1.165, 1.54) is 17.7 Å². The van der Waals surface area contributed by atoms with Crippen molar-refractivity contribution in [2.24, 2.45) is 0 Å². The molecule has 0 bridgehead atoms. The molecule has 3 aromatic carbocycles. The van der Waals surface area contributed by atoms with Crippen molar-refractivity contribution in [2.75, 3.05) is 43.0 Å². The number of piperazine rings is 1. The second-order valence-electron chi connectivity index (χ2n) is 8.58. The highest BCUT2D eigenvalue weighted by Crippen LogP contribution is 2.31. The molecule has 1 amide bonds. The van der Waals surface area contributed by atoms with Gasteiger partial charge in [0.2, 0.25) is 0 Å². The van der Waals surface area contributed by atoms with Gasteiger partial charge in [0.15, 0.2) is 0 Å². The zero-order valence-electron chi connectivity index (χ0n) is 20.4. The highest BCUT2D eigenvalue weighted by atomic mass is 35.5. The van der Waals surface area contributed by atoms with Gasteiger partial charge in [-0.05, 0) is 42.8 Å². The van der Waals surface area contributed by atoms with Gasteiger partial charge in [-0.2, -0.15) is 0 Å². The number of ether oxygens (including phenoxy) is 1. The Hall–Kier alpha value is -3.95. The summed E-state index contributed by atoms with van der Waals surface area (Å²) >= 11 is 5.90. The third kappa shape index (κ3) is 6.44. The molecule has 1 fully saturated rings.